The van der Waals surface area contributed by atoms with E-state index in [2.05, 4.69) is 18.8 Å². The van der Waals surface area contributed by atoms with Crippen molar-refractivity contribution in [3.8, 4) is 5.88 Å². The van der Waals surface area contributed by atoms with E-state index in [1.54, 1.807) is 18.3 Å². The van der Waals surface area contributed by atoms with Crippen molar-refractivity contribution in [2.75, 3.05) is 6.61 Å². The Balaban J connectivity index is 2.54. The molecule has 1 heterocycles. The van der Waals surface area contributed by atoms with Crippen molar-refractivity contribution in [2.45, 2.75) is 26.7 Å². The lowest BCUT2D eigenvalue weighted by molar-refractivity contribution is 0.243. The molecule has 1 aromatic heterocycles. The van der Waals surface area contributed by atoms with Crippen LogP contribution >= 0.6 is 0 Å². The van der Waals surface area contributed by atoms with Crippen molar-refractivity contribution >= 4 is 5.84 Å². The lowest BCUT2D eigenvalue weighted by Gasteiger charge is -2.11. The van der Waals surface area contributed by atoms with Crippen molar-refractivity contribution < 1.29 is 4.74 Å². The van der Waals surface area contributed by atoms with Crippen LogP contribution in [-0.4, -0.2) is 17.4 Å². The highest BCUT2D eigenvalue weighted by Crippen LogP contribution is 2.12. The molecule has 1 aromatic rings. The Kier molecular flexibility index (Phi) is 4.76. The first-order valence-electron chi connectivity index (χ1n) is 5.56. The van der Waals surface area contributed by atoms with Crippen molar-refractivity contribution in [3.63, 3.8) is 0 Å². The summed E-state index contributed by atoms with van der Waals surface area (Å²) in [6.07, 6.45) is 3.91. The van der Waals surface area contributed by atoms with Crippen LogP contribution in [-0.2, 0) is 0 Å². The second kappa shape index (κ2) is 6.10. The van der Waals surface area contributed by atoms with Gasteiger partial charge in [-0.15, -0.1) is 0 Å². The first-order chi connectivity index (χ1) is 7.63. The lowest BCUT2D eigenvalue weighted by Crippen LogP contribution is -2.13. The van der Waals surface area contributed by atoms with Gasteiger partial charge in [0.15, 0.2) is 0 Å². The minimum atomic E-state index is 0.0360. The van der Waals surface area contributed by atoms with Crippen LogP contribution in [0.15, 0.2) is 18.3 Å². The van der Waals surface area contributed by atoms with Crippen LogP contribution in [0, 0.1) is 11.3 Å². The quantitative estimate of drug-likeness (QED) is 0.571. The maximum absolute atomic E-state index is 7.31. The number of hydrogen-bond acceptors (Lipinski definition) is 3. The number of pyridine rings is 1. The fraction of sp³-hybridized carbons (Fsp3) is 0.500. The van der Waals surface area contributed by atoms with Crippen LogP contribution in [0.4, 0.5) is 0 Å². The van der Waals surface area contributed by atoms with Gasteiger partial charge in [-0.2, -0.15) is 0 Å². The molecule has 1 rings (SSSR count). The Hall–Kier alpha value is -1.58. The lowest BCUT2D eigenvalue weighted by atomic mass is 10.1. The monoisotopic (exact) mass is 221 g/mol. The van der Waals surface area contributed by atoms with E-state index in [4.69, 9.17) is 15.9 Å². The molecule has 0 amide bonds. The van der Waals surface area contributed by atoms with Gasteiger partial charge in [0.05, 0.1) is 6.61 Å². The first kappa shape index (κ1) is 12.5. The fourth-order valence-electron chi connectivity index (χ4n) is 1.46. The molecule has 16 heavy (non-hydrogen) atoms. The standard InChI is InChI=1S/C12H19N3O/c1-3-4-9(2)8-16-11-7-10(12(13)14)5-6-15-11/h5-7,9H,3-4,8H2,1-2H3,(H3,13,14). The molecule has 0 saturated heterocycles. The van der Waals surface area contributed by atoms with Crippen LogP contribution in [0.5, 0.6) is 5.88 Å². The summed E-state index contributed by atoms with van der Waals surface area (Å²) in [5.41, 5.74) is 6.03. The minimum absolute atomic E-state index is 0.0360. The number of ether oxygens (including phenoxy) is 1. The second-order valence-corrected chi connectivity index (χ2v) is 4.00. The molecule has 0 fully saturated rings. The van der Waals surface area contributed by atoms with Gasteiger partial charge in [-0.3, -0.25) is 5.41 Å². The smallest absolute Gasteiger partial charge is 0.213 e. The third-order valence-corrected chi connectivity index (χ3v) is 2.34. The summed E-state index contributed by atoms with van der Waals surface area (Å²) in [6.45, 7) is 4.96. The molecule has 1 atom stereocenters. The number of rotatable bonds is 6. The average Bonchev–Trinajstić information content (AvgIpc) is 2.27. The SMILES string of the molecule is CCCC(C)COc1cc(C(=N)N)ccn1. The molecule has 0 saturated carbocycles. The molecule has 0 aliphatic heterocycles. The molecule has 4 heteroatoms. The Morgan fingerprint density at radius 3 is 3.00 bits per heavy atom. The average molecular weight is 221 g/mol. The topological polar surface area (TPSA) is 72.0 Å². The molecule has 0 aliphatic carbocycles. The van der Waals surface area contributed by atoms with Crippen molar-refractivity contribution in [1.82, 2.24) is 4.98 Å². The molecule has 3 N–H and O–H groups in total. The molecule has 0 spiro atoms. The summed E-state index contributed by atoms with van der Waals surface area (Å²) >= 11 is 0. The van der Waals surface area contributed by atoms with Crippen LogP contribution in [0.2, 0.25) is 0 Å². The van der Waals surface area contributed by atoms with Gasteiger partial charge in [-0.25, -0.2) is 4.98 Å². The highest BCUT2D eigenvalue weighted by molar-refractivity contribution is 5.95. The van der Waals surface area contributed by atoms with Crippen molar-refractivity contribution in [3.05, 3.63) is 23.9 Å². The number of nitrogen functional groups attached to an aromatic ring is 1. The van der Waals surface area contributed by atoms with Crippen molar-refractivity contribution in [2.24, 2.45) is 11.7 Å². The maximum atomic E-state index is 7.31. The van der Waals surface area contributed by atoms with E-state index in [-0.39, 0.29) is 5.84 Å². The molecule has 1 unspecified atom stereocenters. The Bertz CT molecular complexity index is 352. The van der Waals surface area contributed by atoms with E-state index in [1.807, 2.05) is 0 Å². The zero-order valence-corrected chi connectivity index (χ0v) is 9.86. The van der Waals surface area contributed by atoms with E-state index in [9.17, 15) is 0 Å². The molecule has 0 bridgehead atoms. The van der Waals surface area contributed by atoms with E-state index >= 15 is 0 Å². The third kappa shape index (κ3) is 3.88. The van der Waals surface area contributed by atoms with Gasteiger partial charge in [-0.05, 0) is 18.4 Å². The molecule has 0 aromatic carbocycles. The highest BCUT2D eigenvalue weighted by atomic mass is 16.5. The Labute approximate surface area is 96.3 Å². The van der Waals surface area contributed by atoms with Gasteiger partial charge in [-0.1, -0.05) is 20.3 Å². The molecule has 0 aliphatic rings. The highest BCUT2D eigenvalue weighted by Gasteiger charge is 2.04. The largest absolute Gasteiger partial charge is 0.477 e. The molecule has 4 nitrogen and oxygen atoms in total. The Morgan fingerprint density at radius 2 is 2.38 bits per heavy atom. The summed E-state index contributed by atoms with van der Waals surface area (Å²) in [5, 5.41) is 7.31. The molecular formula is C12H19N3O. The summed E-state index contributed by atoms with van der Waals surface area (Å²) in [7, 11) is 0. The van der Waals surface area contributed by atoms with Gasteiger partial charge in [0.2, 0.25) is 5.88 Å². The zero-order chi connectivity index (χ0) is 12.0. The summed E-state index contributed by atoms with van der Waals surface area (Å²) in [4.78, 5) is 4.08. The number of hydrogen-bond donors (Lipinski definition) is 2. The van der Waals surface area contributed by atoms with E-state index in [0.29, 0.717) is 24.0 Å². The van der Waals surface area contributed by atoms with Crippen molar-refractivity contribution in [1.29, 1.82) is 5.41 Å². The Morgan fingerprint density at radius 1 is 1.62 bits per heavy atom. The van der Waals surface area contributed by atoms with Crippen LogP contribution < -0.4 is 10.5 Å². The summed E-state index contributed by atoms with van der Waals surface area (Å²) in [6, 6.07) is 3.39. The van der Waals surface area contributed by atoms with Crippen LogP contribution in [0.1, 0.15) is 32.3 Å². The van der Waals surface area contributed by atoms with Gasteiger partial charge in [0.1, 0.15) is 5.84 Å². The predicted molar refractivity (Wildman–Crippen MR) is 64.8 cm³/mol. The number of amidine groups is 1. The predicted octanol–water partition coefficient (Wildman–Crippen LogP) is 2.18. The number of nitrogens with two attached hydrogens (primary N) is 1. The first-order valence-corrected chi connectivity index (χ1v) is 5.56. The second-order valence-electron chi connectivity index (χ2n) is 4.00. The normalized spacial score (nSPS) is 12.1. The zero-order valence-electron chi connectivity index (χ0n) is 9.86. The van der Waals surface area contributed by atoms with Crippen LogP contribution in [0.3, 0.4) is 0 Å². The third-order valence-electron chi connectivity index (χ3n) is 2.34. The van der Waals surface area contributed by atoms with Crippen LogP contribution in [0.25, 0.3) is 0 Å². The maximum Gasteiger partial charge on any atom is 0.213 e. The van der Waals surface area contributed by atoms with Gasteiger partial charge in [0.25, 0.3) is 0 Å². The number of nitrogens with one attached hydrogen (secondary N) is 1. The number of aromatic nitrogens is 1. The fourth-order valence-corrected chi connectivity index (χ4v) is 1.46. The van der Waals surface area contributed by atoms with Gasteiger partial charge < -0.3 is 10.5 Å². The molecular weight excluding hydrogens is 202 g/mol. The molecule has 88 valence electrons. The van der Waals surface area contributed by atoms with E-state index < -0.39 is 0 Å². The number of nitrogens with zero attached hydrogens (tertiary/aromatic N) is 1. The minimum Gasteiger partial charge on any atom is -0.477 e. The summed E-state index contributed by atoms with van der Waals surface area (Å²) < 4.78 is 5.55. The van der Waals surface area contributed by atoms with Gasteiger partial charge in [0, 0.05) is 17.8 Å². The van der Waals surface area contributed by atoms with E-state index in [0.717, 1.165) is 12.8 Å². The summed E-state index contributed by atoms with van der Waals surface area (Å²) in [5.74, 6) is 1.09. The van der Waals surface area contributed by atoms with E-state index in [1.165, 1.54) is 0 Å². The molecule has 0 radical (unpaired) electrons. The van der Waals surface area contributed by atoms with Gasteiger partial charge >= 0.3 is 0 Å².